The van der Waals surface area contributed by atoms with Gasteiger partial charge in [-0.15, -0.1) is 0 Å². The van der Waals surface area contributed by atoms with Gasteiger partial charge in [-0.3, -0.25) is 4.90 Å². The van der Waals surface area contributed by atoms with E-state index in [9.17, 15) is 9.59 Å². The Bertz CT molecular complexity index is 1310. The lowest BCUT2D eigenvalue weighted by molar-refractivity contribution is -0.417. The Hall–Kier alpha value is -3.99. The van der Waals surface area contributed by atoms with Crippen molar-refractivity contribution >= 4 is 11.9 Å². The van der Waals surface area contributed by atoms with Crippen LogP contribution >= 0.6 is 0 Å². The van der Waals surface area contributed by atoms with Crippen LogP contribution in [0.25, 0.3) is 0 Å². The van der Waals surface area contributed by atoms with Gasteiger partial charge >= 0.3 is 11.9 Å². The molecule has 7 rings (SSSR count). The number of carbonyl (C=O) groups is 2. The number of piperidine rings is 3. The number of nitrogens with zero attached hydrogens (tertiary/aromatic N) is 2. The van der Waals surface area contributed by atoms with Crippen molar-refractivity contribution in [3.05, 3.63) is 107 Å². The zero-order chi connectivity index (χ0) is 25.5. The number of hydrogen-bond acceptors (Lipinski definition) is 7. The largest absolute Gasteiger partial charge is 0.427 e. The van der Waals surface area contributed by atoms with E-state index in [-0.39, 0.29) is 12.5 Å². The van der Waals surface area contributed by atoms with Crippen molar-refractivity contribution in [3.8, 4) is 6.07 Å². The van der Waals surface area contributed by atoms with E-state index in [0.29, 0.717) is 18.7 Å². The molecule has 4 aliphatic rings. The van der Waals surface area contributed by atoms with Gasteiger partial charge in [0.2, 0.25) is 5.72 Å². The van der Waals surface area contributed by atoms with E-state index < -0.39 is 29.4 Å². The molecule has 0 aromatic heterocycles. The van der Waals surface area contributed by atoms with Crippen LogP contribution in [0.5, 0.6) is 0 Å². The summed E-state index contributed by atoms with van der Waals surface area (Å²) >= 11 is 0. The van der Waals surface area contributed by atoms with Crippen molar-refractivity contribution in [3.63, 3.8) is 0 Å². The average molecular weight is 495 g/mol. The molecule has 4 saturated heterocycles. The SMILES string of the molecule is N#Cc1ccc(COC23OC(=O)C(=O)OC2(C(c2ccccc2)c2ccccc2)N2CCC3CC2)cc1. The van der Waals surface area contributed by atoms with E-state index in [2.05, 4.69) is 11.0 Å². The molecule has 0 N–H and O–H groups in total. The average Bonchev–Trinajstić information content (AvgIpc) is 2.95. The highest BCUT2D eigenvalue weighted by Crippen LogP contribution is 2.59. The quantitative estimate of drug-likeness (QED) is 0.376. The molecule has 7 heteroatoms. The van der Waals surface area contributed by atoms with Gasteiger partial charge in [0.25, 0.3) is 5.79 Å². The maximum atomic E-state index is 13.0. The minimum atomic E-state index is -1.52. The first kappa shape index (κ1) is 23.4. The molecule has 4 fully saturated rings. The third-order valence-corrected chi connectivity index (χ3v) is 7.85. The van der Waals surface area contributed by atoms with E-state index in [1.165, 1.54) is 0 Å². The van der Waals surface area contributed by atoms with Crippen molar-refractivity contribution in [2.45, 2.75) is 36.9 Å². The second-order valence-electron chi connectivity index (χ2n) is 9.76. The fourth-order valence-electron chi connectivity index (χ4n) is 6.25. The van der Waals surface area contributed by atoms with Crippen LogP contribution in [0.2, 0.25) is 0 Å². The summed E-state index contributed by atoms with van der Waals surface area (Å²) in [5.41, 5.74) is 1.83. The van der Waals surface area contributed by atoms with Gasteiger partial charge in [-0.2, -0.15) is 5.26 Å². The van der Waals surface area contributed by atoms with Crippen molar-refractivity contribution < 1.29 is 23.8 Å². The summed E-state index contributed by atoms with van der Waals surface area (Å²) in [4.78, 5) is 27.9. The third kappa shape index (κ3) is 3.64. The highest BCUT2D eigenvalue weighted by molar-refractivity contribution is 6.30. The van der Waals surface area contributed by atoms with E-state index in [1.807, 2.05) is 72.8 Å². The maximum absolute atomic E-state index is 13.0. The Morgan fingerprint density at radius 2 is 1.43 bits per heavy atom. The van der Waals surface area contributed by atoms with Gasteiger partial charge in [0.15, 0.2) is 0 Å². The van der Waals surface area contributed by atoms with Gasteiger partial charge in [0.05, 0.1) is 24.2 Å². The van der Waals surface area contributed by atoms with Crippen LogP contribution < -0.4 is 0 Å². The number of carbonyl (C=O) groups excluding carboxylic acids is 2. The number of esters is 2. The van der Waals surface area contributed by atoms with Crippen molar-refractivity contribution in [1.29, 1.82) is 5.26 Å². The molecule has 0 radical (unpaired) electrons. The van der Waals surface area contributed by atoms with Crippen LogP contribution in [0.1, 0.15) is 41.0 Å². The summed E-state index contributed by atoms with van der Waals surface area (Å²) < 4.78 is 19.0. The standard InChI is InChI=1S/C30H26N2O5/c31-19-21-11-13-22(14-12-21)20-35-30-25-15-17-32(18-16-25)29(30,36-27(33)28(34)37-30)26(23-7-3-1-4-8-23)24-9-5-2-6-10-24/h1-14,25-26H,15-18,20H2. The van der Waals surface area contributed by atoms with Gasteiger partial charge in [-0.25, -0.2) is 9.59 Å². The number of rotatable bonds is 6. The van der Waals surface area contributed by atoms with Crippen molar-refractivity contribution in [2.24, 2.45) is 5.92 Å². The summed E-state index contributed by atoms with van der Waals surface area (Å²) in [6.45, 7) is 1.50. The molecule has 7 nitrogen and oxygen atoms in total. The first-order valence-corrected chi connectivity index (χ1v) is 12.5. The van der Waals surface area contributed by atoms with Gasteiger partial charge in [0.1, 0.15) is 0 Å². The summed E-state index contributed by atoms with van der Waals surface area (Å²) in [6.07, 6.45) is 1.49. The molecule has 2 unspecified atom stereocenters. The molecule has 4 aliphatic heterocycles. The van der Waals surface area contributed by atoms with Crippen LogP contribution in [0, 0.1) is 17.2 Å². The molecule has 2 bridgehead atoms. The predicted molar refractivity (Wildman–Crippen MR) is 133 cm³/mol. The lowest BCUT2D eigenvalue weighted by Gasteiger charge is -2.65. The van der Waals surface area contributed by atoms with E-state index in [4.69, 9.17) is 19.5 Å². The van der Waals surface area contributed by atoms with Crippen molar-refractivity contribution in [1.82, 2.24) is 4.90 Å². The molecule has 0 spiro atoms. The van der Waals surface area contributed by atoms with Crippen LogP contribution in [-0.4, -0.2) is 41.4 Å². The molecule has 3 aromatic rings. The Morgan fingerprint density at radius 1 is 0.865 bits per heavy atom. The molecule has 37 heavy (non-hydrogen) atoms. The molecule has 186 valence electrons. The Labute approximate surface area is 215 Å². The third-order valence-electron chi connectivity index (χ3n) is 7.85. The van der Waals surface area contributed by atoms with Crippen LogP contribution in [0.3, 0.4) is 0 Å². The number of fused-ring (bicyclic) bond motifs is 2. The molecule has 4 heterocycles. The number of nitriles is 1. The Morgan fingerprint density at radius 3 is 2.00 bits per heavy atom. The van der Waals surface area contributed by atoms with Crippen LogP contribution in [-0.2, 0) is 30.4 Å². The van der Waals surface area contributed by atoms with Gasteiger partial charge in [0, 0.05) is 19.0 Å². The van der Waals surface area contributed by atoms with Gasteiger partial charge in [-0.05, 0) is 41.7 Å². The van der Waals surface area contributed by atoms with Crippen molar-refractivity contribution in [2.75, 3.05) is 13.1 Å². The summed E-state index contributed by atoms with van der Waals surface area (Å²) in [5.74, 6) is -4.20. The molecule has 3 aromatic carbocycles. The van der Waals surface area contributed by atoms with Crippen LogP contribution in [0.4, 0.5) is 0 Å². The lowest BCUT2D eigenvalue weighted by atomic mass is 9.66. The topological polar surface area (TPSA) is 88.9 Å². The molecular weight excluding hydrogens is 468 g/mol. The second-order valence-corrected chi connectivity index (χ2v) is 9.76. The summed E-state index contributed by atoms with van der Waals surface area (Å²) in [6, 6.07) is 28.9. The highest BCUT2D eigenvalue weighted by atomic mass is 16.8. The minimum Gasteiger partial charge on any atom is -0.427 e. The molecule has 2 atom stereocenters. The van der Waals surface area contributed by atoms with E-state index in [1.54, 1.807) is 12.1 Å². The zero-order valence-electron chi connectivity index (χ0n) is 20.2. The Kier molecular flexibility index (Phi) is 5.79. The first-order valence-electron chi connectivity index (χ1n) is 12.5. The summed E-state index contributed by atoms with van der Waals surface area (Å²) in [7, 11) is 0. The van der Waals surface area contributed by atoms with Gasteiger partial charge in [-0.1, -0.05) is 72.8 Å². The fourth-order valence-corrected chi connectivity index (χ4v) is 6.25. The molecular formula is C30H26N2O5. The molecule has 0 aliphatic carbocycles. The molecule has 0 amide bonds. The predicted octanol–water partition coefficient (Wildman–Crippen LogP) is 4.13. The zero-order valence-corrected chi connectivity index (χ0v) is 20.2. The van der Waals surface area contributed by atoms with Gasteiger partial charge < -0.3 is 14.2 Å². The van der Waals surface area contributed by atoms with E-state index >= 15 is 0 Å². The first-order chi connectivity index (χ1) is 18.1. The smallest absolute Gasteiger partial charge is 0.420 e. The number of benzene rings is 3. The lowest BCUT2D eigenvalue weighted by Crippen LogP contribution is -2.82. The van der Waals surface area contributed by atoms with Crippen LogP contribution in [0.15, 0.2) is 84.9 Å². The summed E-state index contributed by atoms with van der Waals surface area (Å²) in [5, 5.41) is 9.16. The number of hydrogen-bond donors (Lipinski definition) is 0. The highest BCUT2D eigenvalue weighted by Gasteiger charge is 2.76. The monoisotopic (exact) mass is 494 g/mol. The fraction of sp³-hybridized carbons (Fsp3) is 0.300. The van der Waals surface area contributed by atoms with E-state index in [0.717, 1.165) is 29.5 Å². The Balaban J connectivity index is 1.53. The second kappa shape index (κ2) is 9.15. The normalized spacial score (nSPS) is 28.2. The minimum absolute atomic E-state index is 0.124. The number of ether oxygens (including phenoxy) is 3. The molecule has 0 saturated carbocycles. The maximum Gasteiger partial charge on any atom is 0.420 e.